The molecule has 0 aliphatic heterocycles. The summed E-state index contributed by atoms with van der Waals surface area (Å²) in [6, 6.07) is 9.31. The van der Waals surface area contributed by atoms with Gasteiger partial charge in [-0.05, 0) is 5.56 Å². The quantitative estimate of drug-likeness (QED) is 0.734. The summed E-state index contributed by atoms with van der Waals surface area (Å²) in [5.74, 6) is 0. The number of thiol groups is 1. The fourth-order valence-corrected chi connectivity index (χ4v) is 1.35. The first-order valence-corrected chi connectivity index (χ1v) is 5.81. The molecule has 6 heteroatoms. The molecule has 0 aromatic heterocycles. The number of halogens is 1. The van der Waals surface area contributed by atoms with Crippen molar-refractivity contribution in [2.75, 3.05) is 13.2 Å². The fraction of sp³-hybridized carbons (Fsp3) is 0.400. The number of rotatable bonds is 7. The van der Waals surface area contributed by atoms with E-state index in [1.165, 1.54) is 0 Å². The van der Waals surface area contributed by atoms with Crippen LogP contribution in [-0.2, 0) is 26.5 Å². The Hall–Kier alpha value is -0.980. The van der Waals surface area contributed by atoms with Crippen LogP contribution in [-0.4, -0.2) is 27.8 Å². The Kier molecular flexibility index (Phi) is 5.99. The predicted octanol–water partition coefficient (Wildman–Crippen LogP) is 1.08. The summed E-state index contributed by atoms with van der Waals surface area (Å²) >= 11 is 0. The molecule has 1 rings (SSSR count). The molecule has 0 aliphatic rings. The number of ether oxygens (including phenoxy) is 1. The Balaban J connectivity index is 2.15. The van der Waals surface area contributed by atoms with Crippen LogP contribution in [0.25, 0.3) is 0 Å². The predicted molar refractivity (Wildman–Crippen MR) is 57.3 cm³/mol. The minimum Gasteiger partial charge on any atom is -0.374 e. The van der Waals surface area contributed by atoms with Crippen molar-refractivity contribution in [3.63, 3.8) is 0 Å². The molecule has 0 unspecified atom stereocenters. The second-order valence-electron chi connectivity index (χ2n) is 3.12. The third-order valence-corrected chi connectivity index (χ3v) is 2.13. The highest BCUT2D eigenvalue weighted by Gasteiger charge is 2.07. The van der Waals surface area contributed by atoms with Crippen LogP contribution < -0.4 is 0 Å². The summed E-state index contributed by atoms with van der Waals surface area (Å²) in [5.41, 5.74) is 0.936. The molecule has 0 spiro atoms. The molecule has 0 bridgehead atoms. The molecule has 1 aromatic rings. The van der Waals surface area contributed by atoms with Crippen LogP contribution in [0.15, 0.2) is 30.3 Å². The van der Waals surface area contributed by atoms with E-state index in [2.05, 4.69) is 4.18 Å². The number of hydrogen-bond donors (Lipinski definition) is 1. The molecular formula is C10H13FO4S. The van der Waals surface area contributed by atoms with Gasteiger partial charge in [0, 0.05) is 0 Å². The van der Waals surface area contributed by atoms with E-state index in [9.17, 15) is 12.8 Å². The van der Waals surface area contributed by atoms with Gasteiger partial charge in [-0.1, -0.05) is 30.3 Å². The van der Waals surface area contributed by atoms with E-state index >= 15 is 0 Å². The van der Waals surface area contributed by atoms with Gasteiger partial charge in [-0.2, -0.15) is 0 Å². The molecule has 0 amide bonds. The summed E-state index contributed by atoms with van der Waals surface area (Å²) in [6.07, 6.45) is -1.43. The van der Waals surface area contributed by atoms with Gasteiger partial charge in [0.2, 0.25) is 0 Å². The van der Waals surface area contributed by atoms with Crippen LogP contribution >= 0.6 is 0 Å². The van der Waals surface area contributed by atoms with Gasteiger partial charge in [0.1, 0.15) is 6.17 Å². The molecule has 0 aliphatic carbocycles. The van der Waals surface area contributed by atoms with Crippen LogP contribution in [0.5, 0.6) is 0 Å². The summed E-state index contributed by atoms with van der Waals surface area (Å²) in [4.78, 5) is 0. The summed E-state index contributed by atoms with van der Waals surface area (Å²) in [7, 11) is -2.99. The van der Waals surface area contributed by atoms with Gasteiger partial charge in [-0.3, -0.25) is 4.18 Å². The van der Waals surface area contributed by atoms with E-state index in [0.29, 0.717) is 6.61 Å². The monoisotopic (exact) mass is 248 g/mol. The SMILES string of the molecule is O=[SH](=O)OC[C@@H](F)COCc1ccccc1. The minimum absolute atomic E-state index is 0.182. The third-order valence-electron chi connectivity index (χ3n) is 1.77. The molecule has 0 N–H and O–H groups in total. The van der Waals surface area contributed by atoms with E-state index in [0.717, 1.165) is 5.56 Å². The summed E-state index contributed by atoms with van der Waals surface area (Å²) in [5, 5.41) is 0. The zero-order valence-electron chi connectivity index (χ0n) is 8.54. The van der Waals surface area contributed by atoms with Gasteiger partial charge in [-0.15, -0.1) is 0 Å². The largest absolute Gasteiger partial charge is 0.374 e. The first-order valence-electron chi connectivity index (χ1n) is 4.71. The smallest absolute Gasteiger partial charge is 0.257 e. The van der Waals surface area contributed by atoms with Crippen molar-refractivity contribution >= 4 is 11.0 Å². The van der Waals surface area contributed by atoms with Crippen molar-refractivity contribution in [2.45, 2.75) is 12.8 Å². The second-order valence-corrected chi connectivity index (χ2v) is 3.82. The molecule has 1 atom stereocenters. The Morgan fingerprint density at radius 3 is 2.50 bits per heavy atom. The zero-order valence-corrected chi connectivity index (χ0v) is 9.44. The maximum atomic E-state index is 12.9. The van der Waals surface area contributed by atoms with Gasteiger partial charge < -0.3 is 4.74 Å². The molecule has 0 fully saturated rings. The molecule has 0 heterocycles. The minimum atomic E-state index is -2.99. The van der Waals surface area contributed by atoms with Crippen molar-refractivity contribution in [3.8, 4) is 0 Å². The third kappa shape index (κ3) is 5.79. The number of benzene rings is 1. The van der Waals surface area contributed by atoms with Crippen molar-refractivity contribution in [2.24, 2.45) is 0 Å². The van der Waals surface area contributed by atoms with Crippen molar-refractivity contribution in [1.29, 1.82) is 0 Å². The van der Waals surface area contributed by atoms with E-state index in [4.69, 9.17) is 4.74 Å². The lowest BCUT2D eigenvalue weighted by Gasteiger charge is -2.07. The fourth-order valence-electron chi connectivity index (χ4n) is 1.07. The van der Waals surface area contributed by atoms with Crippen LogP contribution in [0, 0.1) is 0 Å². The number of alkyl halides is 1. The maximum absolute atomic E-state index is 12.9. The first-order chi connectivity index (χ1) is 7.68. The van der Waals surface area contributed by atoms with Crippen LogP contribution in [0.1, 0.15) is 5.56 Å². The van der Waals surface area contributed by atoms with Crippen molar-refractivity contribution < 1.29 is 21.7 Å². The lowest BCUT2D eigenvalue weighted by molar-refractivity contribution is 0.0509. The molecular weight excluding hydrogens is 235 g/mol. The highest BCUT2D eigenvalue weighted by atomic mass is 32.2. The molecule has 1 aromatic carbocycles. The highest BCUT2D eigenvalue weighted by molar-refractivity contribution is 7.67. The van der Waals surface area contributed by atoms with E-state index in [1.54, 1.807) is 0 Å². The van der Waals surface area contributed by atoms with Gasteiger partial charge in [0.05, 0.1) is 19.8 Å². The summed E-state index contributed by atoms with van der Waals surface area (Å²) in [6.45, 7) is -0.379. The van der Waals surface area contributed by atoms with Gasteiger partial charge in [0.15, 0.2) is 0 Å². The maximum Gasteiger partial charge on any atom is 0.257 e. The van der Waals surface area contributed by atoms with Crippen molar-refractivity contribution in [3.05, 3.63) is 35.9 Å². The number of hydrogen-bond acceptors (Lipinski definition) is 4. The lowest BCUT2D eigenvalue weighted by atomic mass is 10.2. The Labute approximate surface area is 95.2 Å². The topological polar surface area (TPSA) is 52.6 Å². The highest BCUT2D eigenvalue weighted by Crippen LogP contribution is 2.02. The van der Waals surface area contributed by atoms with E-state index in [-0.39, 0.29) is 6.61 Å². The van der Waals surface area contributed by atoms with Gasteiger partial charge in [-0.25, -0.2) is 12.8 Å². The lowest BCUT2D eigenvalue weighted by Crippen LogP contribution is -2.16. The average Bonchev–Trinajstić information content (AvgIpc) is 2.28. The normalized spacial score (nSPS) is 12.9. The summed E-state index contributed by atoms with van der Waals surface area (Å²) < 4.78 is 42.1. The molecule has 4 nitrogen and oxygen atoms in total. The zero-order chi connectivity index (χ0) is 11.8. The van der Waals surface area contributed by atoms with Crippen LogP contribution in [0.3, 0.4) is 0 Å². The standard InChI is InChI=1S/C10H13FO4S/c11-10(8-15-16(12)13)7-14-6-9-4-2-1-3-5-9/h1-5,10,16H,6-8H2/t10-/m0/s1. The second kappa shape index (κ2) is 7.32. The Bertz CT molecular complexity index is 358. The molecule has 16 heavy (non-hydrogen) atoms. The van der Waals surface area contributed by atoms with E-state index in [1.807, 2.05) is 30.3 Å². The molecule has 90 valence electrons. The van der Waals surface area contributed by atoms with Crippen LogP contribution in [0.2, 0.25) is 0 Å². The Morgan fingerprint density at radius 1 is 1.19 bits per heavy atom. The van der Waals surface area contributed by atoms with E-state index < -0.39 is 23.8 Å². The first kappa shape index (κ1) is 13.1. The average molecular weight is 248 g/mol. The van der Waals surface area contributed by atoms with Gasteiger partial charge in [0.25, 0.3) is 11.0 Å². The molecule has 0 radical (unpaired) electrons. The molecule has 0 saturated heterocycles. The van der Waals surface area contributed by atoms with Crippen LogP contribution in [0.4, 0.5) is 4.39 Å². The molecule has 0 saturated carbocycles. The van der Waals surface area contributed by atoms with Crippen molar-refractivity contribution in [1.82, 2.24) is 0 Å². The Morgan fingerprint density at radius 2 is 1.88 bits per heavy atom. The van der Waals surface area contributed by atoms with Gasteiger partial charge >= 0.3 is 0 Å².